The number of fused-ring (bicyclic) bond motifs is 1. The molecular weight excluding hydrogens is 212 g/mol. The van der Waals surface area contributed by atoms with Crippen molar-refractivity contribution < 1.29 is 4.74 Å². The molecule has 17 heavy (non-hydrogen) atoms. The van der Waals surface area contributed by atoms with Crippen LogP contribution >= 0.6 is 0 Å². The van der Waals surface area contributed by atoms with Gasteiger partial charge in [0.2, 0.25) is 0 Å². The molecule has 1 aromatic carbocycles. The number of ether oxygens (including phenoxy) is 1. The minimum atomic E-state index is 0.0678. The summed E-state index contributed by atoms with van der Waals surface area (Å²) in [5.74, 6) is 0.958. The van der Waals surface area contributed by atoms with E-state index in [9.17, 15) is 0 Å². The zero-order valence-corrected chi connectivity index (χ0v) is 10.8. The number of rotatable bonds is 5. The van der Waals surface area contributed by atoms with Gasteiger partial charge in [-0.3, -0.25) is 0 Å². The van der Waals surface area contributed by atoms with E-state index in [0.29, 0.717) is 6.61 Å². The minimum Gasteiger partial charge on any atom is -0.492 e. The van der Waals surface area contributed by atoms with Crippen LogP contribution in [0.2, 0.25) is 0 Å². The normalized spacial score (nSPS) is 16.0. The summed E-state index contributed by atoms with van der Waals surface area (Å²) in [6.07, 6.45) is 3.69. The van der Waals surface area contributed by atoms with E-state index in [2.05, 4.69) is 23.1 Å². The van der Waals surface area contributed by atoms with Crippen LogP contribution in [-0.4, -0.2) is 38.2 Å². The molecule has 0 radical (unpaired) electrons. The van der Waals surface area contributed by atoms with Crippen LogP contribution in [0.25, 0.3) is 0 Å². The summed E-state index contributed by atoms with van der Waals surface area (Å²) < 4.78 is 5.74. The molecule has 1 aliphatic carbocycles. The summed E-state index contributed by atoms with van der Waals surface area (Å²) in [5, 5.41) is 0. The van der Waals surface area contributed by atoms with Gasteiger partial charge in [0.25, 0.3) is 0 Å². The van der Waals surface area contributed by atoms with E-state index in [4.69, 9.17) is 10.5 Å². The van der Waals surface area contributed by atoms with Crippen molar-refractivity contribution >= 4 is 0 Å². The third-order valence-electron chi connectivity index (χ3n) is 3.13. The van der Waals surface area contributed by atoms with E-state index >= 15 is 0 Å². The molecule has 0 saturated heterocycles. The van der Waals surface area contributed by atoms with Gasteiger partial charge in [-0.1, -0.05) is 6.07 Å². The maximum atomic E-state index is 5.97. The highest BCUT2D eigenvalue weighted by Gasteiger charge is 2.12. The van der Waals surface area contributed by atoms with Gasteiger partial charge in [0.1, 0.15) is 12.4 Å². The molecule has 0 bridgehead atoms. The monoisotopic (exact) mass is 234 g/mol. The highest BCUT2D eigenvalue weighted by atomic mass is 16.5. The molecule has 1 aliphatic rings. The Bertz CT molecular complexity index is 376. The van der Waals surface area contributed by atoms with Crippen molar-refractivity contribution in [2.45, 2.75) is 25.3 Å². The third kappa shape index (κ3) is 3.45. The molecule has 0 heterocycles. The number of nitrogens with zero attached hydrogens (tertiary/aromatic N) is 1. The van der Waals surface area contributed by atoms with Crippen LogP contribution in [0, 0.1) is 0 Å². The van der Waals surface area contributed by atoms with Crippen molar-refractivity contribution in [1.29, 1.82) is 0 Å². The fourth-order valence-electron chi connectivity index (χ4n) is 2.36. The lowest BCUT2D eigenvalue weighted by Crippen LogP contribution is -2.37. The van der Waals surface area contributed by atoms with E-state index in [1.54, 1.807) is 0 Å². The van der Waals surface area contributed by atoms with Crippen molar-refractivity contribution in [3.05, 3.63) is 29.3 Å². The summed E-state index contributed by atoms with van der Waals surface area (Å²) in [6, 6.07) is 6.49. The standard InChI is InChI=1S/C14H22N2O/c1-16(2)9-13(15)10-17-14-7-6-11-4-3-5-12(11)8-14/h6-8,13H,3-5,9-10,15H2,1-2H3. The van der Waals surface area contributed by atoms with Crippen molar-refractivity contribution in [2.75, 3.05) is 27.2 Å². The zero-order valence-electron chi connectivity index (χ0n) is 10.8. The van der Waals surface area contributed by atoms with E-state index < -0.39 is 0 Å². The summed E-state index contributed by atoms with van der Waals surface area (Å²) in [7, 11) is 4.05. The van der Waals surface area contributed by atoms with E-state index in [1.807, 2.05) is 14.1 Å². The number of hydrogen-bond acceptors (Lipinski definition) is 3. The molecule has 0 aromatic heterocycles. The highest BCUT2D eigenvalue weighted by Crippen LogP contribution is 2.25. The molecule has 1 aromatic rings. The van der Waals surface area contributed by atoms with Crippen LogP contribution < -0.4 is 10.5 Å². The van der Waals surface area contributed by atoms with Crippen molar-refractivity contribution in [1.82, 2.24) is 4.90 Å². The highest BCUT2D eigenvalue weighted by molar-refractivity contribution is 5.38. The molecule has 1 atom stereocenters. The summed E-state index contributed by atoms with van der Waals surface area (Å²) in [6.45, 7) is 1.43. The van der Waals surface area contributed by atoms with E-state index in [-0.39, 0.29) is 6.04 Å². The largest absolute Gasteiger partial charge is 0.492 e. The summed E-state index contributed by atoms with van der Waals surface area (Å²) >= 11 is 0. The summed E-state index contributed by atoms with van der Waals surface area (Å²) in [5.41, 5.74) is 8.90. The molecule has 3 nitrogen and oxygen atoms in total. The predicted octanol–water partition coefficient (Wildman–Crippen LogP) is 1.44. The molecule has 1 unspecified atom stereocenters. The topological polar surface area (TPSA) is 38.5 Å². The van der Waals surface area contributed by atoms with Gasteiger partial charge in [0.05, 0.1) is 6.04 Å². The van der Waals surface area contributed by atoms with Crippen LogP contribution in [-0.2, 0) is 12.8 Å². The van der Waals surface area contributed by atoms with Crippen molar-refractivity contribution in [2.24, 2.45) is 5.73 Å². The molecule has 0 amide bonds. The molecule has 2 N–H and O–H groups in total. The number of nitrogens with two attached hydrogens (primary N) is 1. The smallest absolute Gasteiger partial charge is 0.119 e. The number of likely N-dealkylation sites (N-methyl/N-ethyl adjacent to an activating group) is 1. The Morgan fingerprint density at radius 3 is 2.82 bits per heavy atom. The lowest BCUT2D eigenvalue weighted by molar-refractivity contribution is 0.254. The average molecular weight is 234 g/mol. The second kappa shape index (κ2) is 5.52. The van der Waals surface area contributed by atoms with Gasteiger partial charge in [0, 0.05) is 6.54 Å². The number of benzene rings is 1. The Morgan fingerprint density at radius 1 is 1.29 bits per heavy atom. The van der Waals surface area contributed by atoms with Crippen LogP contribution in [0.5, 0.6) is 5.75 Å². The van der Waals surface area contributed by atoms with Gasteiger partial charge < -0.3 is 15.4 Å². The van der Waals surface area contributed by atoms with Gasteiger partial charge in [0.15, 0.2) is 0 Å². The molecule has 0 saturated carbocycles. The predicted molar refractivity (Wildman–Crippen MR) is 70.5 cm³/mol. The molecule has 94 valence electrons. The van der Waals surface area contributed by atoms with Gasteiger partial charge in [-0.05, 0) is 56.6 Å². The minimum absolute atomic E-state index is 0.0678. The Balaban J connectivity index is 1.87. The molecule has 0 aliphatic heterocycles. The maximum absolute atomic E-state index is 5.97. The average Bonchev–Trinajstić information content (AvgIpc) is 2.72. The first-order valence-electron chi connectivity index (χ1n) is 6.30. The lowest BCUT2D eigenvalue weighted by Gasteiger charge is -2.17. The Hall–Kier alpha value is -1.06. The van der Waals surface area contributed by atoms with Crippen LogP contribution in [0.3, 0.4) is 0 Å². The fourth-order valence-corrected chi connectivity index (χ4v) is 2.36. The second-order valence-electron chi connectivity index (χ2n) is 5.12. The van der Waals surface area contributed by atoms with Gasteiger partial charge in [-0.15, -0.1) is 0 Å². The number of hydrogen-bond donors (Lipinski definition) is 1. The third-order valence-corrected chi connectivity index (χ3v) is 3.13. The fraction of sp³-hybridized carbons (Fsp3) is 0.571. The first-order chi connectivity index (χ1) is 8.15. The van der Waals surface area contributed by atoms with Gasteiger partial charge >= 0.3 is 0 Å². The number of aryl methyl sites for hydroxylation is 2. The SMILES string of the molecule is CN(C)CC(N)COc1ccc2c(c1)CCC2. The Kier molecular flexibility index (Phi) is 4.02. The van der Waals surface area contributed by atoms with Crippen LogP contribution in [0.15, 0.2) is 18.2 Å². The van der Waals surface area contributed by atoms with E-state index in [0.717, 1.165) is 12.3 Å². The zero-order chi connectivity index (χ0) is 12.3. The van der Waals surface area contributed by atoms with Crippen LogP contribution in [0.4, 0.5) is 0 Å². The maximum Gasteiger partial charge on any atom is 0.119 e. The first kappa shape index (κ1) is 12.4. The molecule has 3 heteroatoms. The van der Waals surface area contributed by atoms with Crippen molar-refractivity contribution in [3.63, 3.8) is 0 Å². The molecule has 0 spiro atoms. The lowest BCUT2D eigenvalue weighted by atomic mass is 10.1. The van der Waals surface area contributed by atoms with Gasteiger partial charge in [-0.2, -0.15) is 0 Å². The molecule has 0 fully saturated rings. The second-order valence-corrected chi connectivity index (χ2v) is 5.12. The Morgan fingerprint density at radius 2 is 2.06 bits per heavy atom. The van der Waals surface area contributed by atoms with Crippen molar-refractivity contribution in [3.8, 4) is 5.75 Å². The van der Waals surface area contributed by atoms with E-state index in [1.165, 1.54) is 30.4 Å². The quantitative estimate of drug-likeness (QED) is 0.838. The van der Waals surface area contributed by atoms with Crippen LogP contribution in [0.1, 0.15) is 17.5 Å². The Labute approximate surface area is 104 Å². The molecule has 2 rings (SSSR count). The molecular formula is C14H22N2O. The van der Waals surface area contributed by atoms with Gasteiger partial charge in [-0.25, -0.2) is 0 Å². The first-order valence-corrected chi connectivity index (χ1v) is 6.30. The summed E-state index contributed by atoms with van der Waals surface area (Å²) in [4.78, 5) is 2.08.